The Morgan fingerprint density at radius 3 is 2.00 bits per heavy atom. The van der Waals surface area contributed by atoms with E-state index in [1.54, 1.807) is 44.6 Å². The summed E-state index contributed by atoms with van der Waals surface area (Å²) in [6.07, 6.45) is 16.2. The first kappa shape index (κ1) is 53.7. The van der Waals surface area contributed by atoms with Crippen LogP contribution in [0, 0.1) is 6.92 Å². The van der Waals surface area contributed by atoms with Gasteiger partial charge < -0.3 is 41.1 Å². The Balaban J connectivity index is 0.000000186. The second-order valence-electron chi connectivity index (χ2n) is 15.4. The molecule has 17 heteroatoms. The molecule has 9 heterocycles. The van der Waals surface area contributed by atoms with E-state index in [0.717, 1.165) is 83.5 Å². The van der Waals surface area contributed by atoms with Crippen molar-refractivity contribution in [3.05, 3.63) is 149 Å². The number of fused-ring (bicyclic) bond motifs is 4. The molecule has 0 atom stereocenters. The number of aldehydes is 1. The van der Waals surface area contributed by atoms with E-state index in [1.807, 2.05) is 73.7 Å². The van der Waals surface area contributed by atoms with Crippen molar-refractivity contribution in [3.63, 3.8) is 0 Å². The predicted molar refractivity (Wildman–Crippen MR) is 269 cm³/mol. The Hall–Kier alpha value is -7.92. The number of rotatable bonds is 8. The van der Waals surface area contributed by atoms with Crippen molar-refractivity contribution in [2.45, 2.75) is 73.1 Å². The number of carbonyl (C=O) groups is 4. The third-order valence-corrected chi connectivity index (χ3v) is 9.61. The SMILES string of the molecule is CC(C)=O.CCOC(=O)C=C1C=Cc2cccnc2N1.CCOC(=O)Cc1ccc2c(n1)NCCC2.Cc1ccc2cccnc2n1.Nc1ncccc1C=O.OCCc1ccc2c(n1)NCCC2. The van der Waals surface area contributed by atoms with Gasteiger partial charge in [0.25, 0.3) is 0 Å². The van der Waals surface area contributed by atoms with Crippen LogP contribution in [0.4, 0.5) is 23.3 Å². The minimum absolute atomic E-state index is 0.167. The maximum atomic E-state index is 11.3. The molecule has 362 valence electrons. The molecule has 0 unspecified atom stereocenters. The molecule has 0 aliphatic carbocycles. The van der Waals surface area contributed by atoms with Crippen LogP contribution < -0.4 is 21.7 Å². The number of nitrogens with zero attached hydrogens (tertiary/aromatic N) is 6. The zero-order valence-corrected chi connectivity index (χ0v) is 39.9. The van der Waals surface area contributed by atoms with E-state index >= 15 is 0 Å². The van der Waals surface area contributed by atoms with Gasteiger partial charge in [0.1, 0.15) is 29.1 Å². The molecule has 17 nitrogen and oxygen atoms in total. The fraction of sp³-hybridized carbons (Fsp3) is 0.308. The Labute approximate surface area is 403 Å². The van der Waals surface area contributed by atoms with Gasteiger partial charge in [-0.15, -0.1) is 0 Å². The third-order valence-electron chi connectivity index (χ3n) is 9.61. The maximum absolute atomic E-state index is 11.3. The monoisotopic (exact) mass is 938 g/mol. The van der Waals surface area contributed by atoms with Gasteiger partial charge in [0, 0.05) is 78.8 Å². The van der Waals surface area contributed by atoms with Gasteiger partial charge in [0.2, 0.25) is 0 Å². The number of anilines is 4. The van der Waals surface area contributed by atoms with Crippen molar-refractivity contribution in [1.82, 2.24) is 29.9 Å². The Bertz CT molecular complexity index is 2670. The van der Waals surface area contributed by atoms with E-state index in [0.29, 0.717) is 37.2 Å². The number of aryl methyl sites for hydroxylation is 3. The zero-order valence-electron chi connectivity index (χ0n) is 39.9. The number of hydrogen-bond donors (Lipinski definition) is 5. The van der Waals surface area contributed by atoms with Crippen LogP contribution in [0.25, 0.3) is 17.1 Å². The summed E-state index contributed by atoms with van der Waals surface area (Å²) in [6, 6.07) is 23.1. The quantitative estimate of drug-likeness (QED) is 0.0563. The third kappa shape index (κ3) is 19.4. The van der Waals surface area contributed by atoms with Crippen molar-refractivity contribution < 1.29 is 33.8 Å². The fourth-order valence-electron chi connectivity index (χ4n) is 6.44. The van der Waals surface area contributed by atoms with Gasteiger partial charge >= 0.3 is 11.9 Å². The van der Waals surface area contributed by atoms with Crippen LogP contribution in [0.15, 0.2) is 109 Å². The number of ether oxygens (including phenoxy) is 2. The van der Waals surface area contributed by atoms with Gasteiger partial charge in [-0.25, -0.2) is 34.7 Å². The number of aromatic nitrogens is 6. The predicted octanol–water partition coefficient (Wildman–Crippen LogP) is 7.50. The van der Waals surface area contributed by atoms with Crippen LogP contribution in [0.2, 0.25) is 0 Å². The lowest BCUT2D eigenvalue weighted by atomic mass is 10.1. The first-order valence-corrected chi connectivity index (χ1v) is 22.7. The highest BCUT2D eigenvalue weighted by molar-refractivity contribution is 5.86. The lowest BCUT2D eigenvalue weighted by molar-refractivity contribution is -0.142. The smallest absolute Gasteiger partial charge is 0.332 e. The molecule has 6 N–H and O–H groups in total. The molecule has 0 fully saturated rings. The summed E-state index contributed by atoms with van der Waals surface area (Å²) in [5.41, 5.74) is 13.5. The number of nitrogens with one attached hydrogen (secondary N) is 3. The normalized spacial score (nSPS) is 12.8. The summed E-state index contributed by atoms with van der Waals surface area (Å²) in [5, 5.41) is 19.4. The van der Waals surface area contributed by atoms with Crippen LogP contribution in [0.1, 0.15) is 84.7 Å². The minimum atomic E-state index is -0.353. The van der Waals surface area contributed by atoms with E-state index in [1.165, 1.54) is 37.5 Å². The molecule has 3 aliphatic heterocycles. The van der Waals surface area contributed by atoms with Crippen molar-refractivity contribution in [1.29, 1.82) is 0 Å². The average molecular weight is 939 g/mol. The molecule has 0 bridgehead atoms. The number of aliphatic hydroxyl groups excluding tert-OH is 1. The molecule has 6 aromatic heterocycles. The maximum Gasteiger partial charge on any atom is 0.332 e. The number of allylic oxidation sites excluding steroid dienone is 1. The largest absolute Gasteiger partial charge is 0.466 e. The summed E-state index contributed by atoms with van der Waals surface area (Å²) in [7, 11) is 0. The lowest BCUT2D eigenvalue weighted by Gasteiger charge is -2.17. The number of ketones is 1. The van der Waals surface area contributed by atoms with Crippen molar-refractivity contribution in [3.8, 4) is 0 Å². The fourth-order valence-corrected chi connectivity index (χ4v) is 6.44. The van der Waals surface area contributed by atoms with Gasteiger partial charge in [-0.3, -0.25) is 9.59 Å². The van der Waals surface area contributed by atoms with Crippen LogP contribution >= 0.6 is 0 Å². The molecule has 6 aromatic rings. The van der Waals surface area contributed by atoms with Gasteiger partial charge in [-0.05, 0) is 144 Å². The highest BCUT2D eigenvalue weighted by Gasteiger charge is 2.13. The van der Waals surface area contributed by atoms with Gasteiger partial charge in [-0.2, -0.15) is 0 Å². The van der Waals surface area contributed by atoms with Gasteiger partial charge in [0.05, 0.1) is 30.9 Å². The van der Waals surface area contributed by atoms with Gasteiger partial charge in [0.15, 0.2) is 11.9 Å². The van der Waals surface area contributed by atoms with E-state index < -0.39 is 0 Å². The second-order valence-corrected chi connectivity index (χ2v) is 15.4. The van der Waals surface area contributed by atoms with E-state index in [9.17, 15) is 19.2 Å². The minimum Gasteiger partial charge on any atom is -0.466 e. The molecule has 69 heavy (non-hydrogen) atoms. The zero-order chi connectivity index (χ0) is 49.8. The highest BCUT2D eigenvalue weighted by atomic mass is 16.5. The number of esters is 2. The first-order chi connectivity index (χ1) is 33.4. The lowest BCUT2D eigenvalue weighted by Crippen LogP contribution is -2.15. The molecule has 0 saturated carbocycles. The second kappa shape index (κ2) is 29.7. The molecule has 0 radical (unpaired) electrons. The molecule has 9 rings (SSSR count). The Kier molecular flexibility index (Phi) is 23.1. The van der Waals surface area contributed by atoms with Crippen LogP contribution in [0.3, 0.4) is 0 Å². The summed E-state index contributed by atoms with van der Waals surface area (Å²) >= 11 is 0. The van der Waals surface area contributed by atoms with E-state index in [2.05, 4.69) is 51.9 Å². The average Bonchev–Trinajstić information content (AvgIpc) is 3.35. The molecular weight excluding hydrogens is 877 g/mol. The number of aliphatic hydroxyl groups is 1. The summed E-state index contributed by atoms with van der Waals surface area (Å²) in [4.78, 5) is 67.2. The molecule has 0 saturated heterocycles. The Morgan fingerprint density at radius 2 is 1.36 bits per heavy atom. The summed E-state index contributed by atoms with van der Waals surface area (Å²) < 4.78 is 9.71. The molecule has 0 spiro atoms. The van der Waals surface area contributed by atoms with Crippen molar-refractivity contribution >= 4 is 64.4 Å². The van der Waals surface area contributed by atoms with Gasteiger partial charge in [-0.1, -0.05) is 12.1 Å². The number of pyridine rings is 6. The number of carbonyl (C=O) groups excluding carboxylic acids is 4. The molecule has 0 amide bonds. The summed E-state index contributed by atoms with van der Waals surface area (Å²) in [6.45, 7) is 11.5. The van der Waals surface area contributed by atoms with Crippen LogP contribution in [0.5, 0.6) is 0 Å². The topological polar surface area (TPSA) is 246 Å². The Morgan fingerprint density at radius 1 is 0.739 bits per heavy atom. The number of nitrogen functional groups attached to an aromatic ring is 1. The van der Waals surface area contributed by atoms with Crippen molar-refractivity contribution in [2.24, 2.45) is 0 Å². The number of nitrogens with two attached hydrogens (primary N) is 1. The highest BCUT2D eigenvalue weighted by Crippen LogP contribution is 2.22. The molecule has 3 aliphatic rings. The van der Waals surface area contributed by atoms with E-state index in [4.69, 9.17) is 20.3 Å². The number of hydrogen-bond acceptors (Lipinski definition) is 17. The molecule has 0 aromatic carbocycles. The molecular formula is C52H62N10O7. The van der Waals surface area contributed by atoms with Crippen LogP contribution in [-0.4, -0.2) is 91.9 Å². The summed E-state index contributed by atoms with van der Waals surface area (Å²) in [5.74, 6) is 2.57. The standard InChI is InChI=1S/C12H16N2O2.C12H12N2O2.C10H14N2O.C9H8N2.C6H6N2O.C3H6O/c2*1-2-16-11(15)8-10-6-5-9-4-3-7-13-12(9)14-10;13-7-5-9-4-3-8-2-1-6-11-10(8)12-9;1-7-4-5-8-3-2-6-10-9(8)11-7;7-6-5(4-9)2-1-3-8-6;1-3(2)4/h5-6H,2-4,7-8H2,1H3,(H,13,14);3-8H,2H2,1H3,(H,13,14);3-4,13H,1-2,5-7H2,(H,11,12);2-6H,1H3;1-4H,(H2,7,8);1-2H3. The number of Topliss-reactive ketones (excluding diaryl/α,β-unsaturated/α-hetero) is 1. The van der Waals surface area contributed by atoms with Crippen LogP contribution in [-0.2, 0) is 49.5 Å². The van der Waals surface area contributed by atoms with Crippen molar-refractivity contribution in [2.75, 3.05) is 54.6 Å². The van der Waals surface area contributed by atoms with E-state index in [-0.39, 0.29) is 36.6 Å². The first-order valence-electron chi connectivity index (χ1n) is 22.7.